The van der Waals surface area contributed by atoms with Gasteiger partial charge in [0.15, 0.2) is 6.10 Å². The first-order valence-electron chi connectivity index (χ1n) is 6.94. The zero-order valence-electron chi connectivity index (χ0n) is 12.3. The van der Waals surface area contributed by atoms with Crippen LogP contribution in [0.1, 0.15) is 25.5 Å². The summed E-state index contributed by atoms with van der Waals surface area (Å²) in [6.07, 6.45) is -0.662. The van der Waals surface area contributed by atoms with Crippen molar-refractivity contribution in [1.82, 2.24) is 5.32 Å². The molecule has 22 heavy (non-hydrogen) atoms. The molecule has 0 aliphatic rings. The maximum atomic E-state index is 12.2. The number of rotatable bonds is 5. The minimum atomic E-state index is -0.662. The van der Waals surface area contributed by atoms with E-state index >= 15 is 0 Å². The molecule has 2 atom stereocenters. The summed E-state index contributed by atoms with van der Waals surface area (Å²) in [6.45, 7) is 3.60. The van der Waals surface area contributed by atoms with Gasteiger partial charge in [-0.05, 0) is 37.6 Å². The lowest BCUT2D eigenvalue weighted by Gasteiger charge is -2.19. The van der Waals surface area contributed by atoms with Crippen LogP contribution >= 0.6 is 23.2 Å². The largest absolute Gasteiger partial charge is 0.479 e. The van der Waals surface area contributed by atoms with E-state index in [0.29, 0.717) is 15.8 Å². The van der Waals surface area contributed by atoms with Crippen molar-refractivity contribution in [1.29, 1.82) is 0 Å². The fourth-order valence-corrected chi connectivity index (χ4v) is 2.42. The van der Waals surface area contributed by atoms with Gasteiger partial charge in [-0.25, -0.2) is 0 Å². The van der Waals surface area contributed by atoms with E-state index in [1.807, 2.05) is 37.3 Å². The second kappa shape index (κ2) is 7.52. The van der Waals surface area contributed by atoms with Crippen LogP contribution in [0.25, 0.3) is 0 Å². The summed E-state index contributed by atoms with van der Waals surface area (Å²) in [5.41, 5.74) is 1.03. The number of hydrogen-bond acceptors (Lipinski definition) is 2. The lowest BCUT2D eigenvalue weighted by Crippen LogP contribution is -2.37. The molecule has 0 fully saturated rings. The Morgan fingerprint density at radius 1 is 1.09 bits per heavy atom. The molecule has 0 aliphatic carbocycles. The lowest BCUT2D eigenvalue weighted by atomic mass is 10.1. The molecular formula is C17H17Cl2NO2. The second-order valence-corrected chi connectivity index (χ2v) is 5.82. The maximum Gasteiger partial charge on any atom is 0.261 e. The Morgan fingerprint density at radius 3 is 2.41 bits per heavy atom. The van der Waals surface area contributed by atoms with E-state index in [1.54, 1.807) is 25.1 Å². The Hall–Kier alpha value is -1.71. The van der Waals surface area contributed by atoms with E-state index in [9.17, 15) is 4.79 Å². The Morgan fingerprint density at radius 2 is 1.77 bits per heavy atom. The van der Waals surface area contributed by atoms with Crippen molar-refractivity contribution in [2.24, 2.45) is 0 Å². The highest BCUT2D eigenvalue weighted by Crippen LogP contribution is 2.28. The van der Waals surface area contributed by atoms with Crippen LogP contribution in [-0.2, 0) is 4.79 Å². The second-order valence-electron chi connectivity index (χ2n) is 4.98. The molecule has 2 aromatic rings. The predicted octanol–water partition coefficient (Wildman–Crippen LogP) is 4.64. The predicted molar refractivity (Wildman–Crippen MR) is 89.6 cm³/mol. The molecular weight excluding hydrogens is 321 g/mol. The number of carbonyl (C=O) groups excluding carboxylic acids is 1. The SMILES string of the molecule is C[C@H](Oc1ccc(Cl)cc1Cl)C(=O)N[C@H](C)c1ccccc1. The Balaban J connectivity index is 1.97. The fourth-order valence-electron chi connectivity index (χ4n) is 1.97. The van der Waals surface area contributed by atoms with E-state index in [2.05, 4.69) is 5.32 Å². The van der Waals surface area contributed by atoms with Crippen LogP contribution in [0, 0.1) is 0 Å². The summed E-state index contributed by atoms with van der Waals surface area (Å²) in [7, 11) is 0. The van der Waals surface area contributed by atoms with Crippen molar-refractivity contribution in [3.63, 3.8) is 0 Å². The summed E-state index contributed by atoms with van der Waals surface area (Å²) in [4.78, 5) is 12.2. The summed E-state index contributed by atoms with van der Waals surface area (Å²) < 4.78 is 5.60. The summed E-state index contributed by atoms with van der Waals surface area (Å²) in [6, 6.07) is 14.5. The molecule has 3 nitrogen and oxygen atoms in total. The Bertz CT molecular complexity index is 646. The van der Waals surface area contributed by atoms with Crippen LogP contribution in [0.5, 0.6) is 5.75 Å². The summed E-state index contributed by atoms with van der Waals surface area (Å²) >= 11 is 11.9. The van der Waals surface area contributed by atoms with E-state index in [1.165, 1.54) is 0 Å². The standard InChI is InChI=1S/C17H17Cl2NO2/c1-11(13-6-4-3-5-7-13)20-17(21)12(2)22-16-9-8-14(18)10-15(16)19/h3-12H,1-2H3,(H,20,21)/t11-,12+/m1/s1. The molecule has 116 valence electrons. The number of nitrogens with one attached hydrogen (secondary N) is 1. The minimum absolute atomic E-state index is 0.0968. The topological polar surface area (TPSA) is 38.3 Å². The van der Waals surface area contributed by atoms with Crippen molar-refractivity contribution in [2.45, 2.75) is 26.0 Å². The van der Waals surface area contributed by atoms with Gasteiger partial charge in [-0.3, -0.25) is 4.79 Å². The van der Waals surface area contributed by atoms with Crippen molar-refractivity contribution < 1.29 is 9.53 Å². The third kappa shape index (κ3) is 4.39. The molecule has 0 unspecified atom stereocenters. The lowest BCUT2D eigenvalue weighted by molar-refractivity contribution is -0.127. The van der Waals surface area contributed by atoms with Gasteiger partial charge in [-0.2, -0.15) is 0 Å². The van der Waals surface area contributed by atoms with Gasteiger partial charge in [0.1, 0.15) is 5.75 Å². The van der Waals surface area contributed by atoms with Gasteiger partial charge in [0.25, 0.3) is 5.91 Å². The van der Waals surface area contributed by atoms with Gasteiger partial charge < -0.3 is 10.1 Å². The first kappa shape index (κ1) is 16.7. The minimum Gasteiger partial charge on any atom is -0.479 e. The first-order chi connectivity index (χ1) is 10.5. The molecule has 0 heterocycles. The highest BCUT2D eigenvalue weighted by atomic mass is 35.5. The molecule has 0 aliphatic heterocycles. The van der Waals surface area contributed by atoms with E-state index in [0.717, 1.165) is 5.56 Å². The number of hydrogen-bond donors (Lipinski definition) is 1. The molecule has 0 bridgehead atoms. The van der Waals surface area contributed by atoms with Crippen LogP contribution in [0.2, 0.25) is 10.0 Å². The van der Waals surface area contributed by atoms with Gasteiger partial charge in [0, 0.05) is 5.02 Å². The van der Waals surface area contributed by atoms with Crippen LogP contribution in [-0.4, -0.2) is 12.0 Å². The first-order valence-corrected chi connectivity index (χ1v) is 7.70. The maximum absolute atomic E-state index is 12.2. The van der Waals surface area contributed by atoms with Gasteiger partial charge in [0.2, 0.25) is 0 Å². The van der Waals surface area contributed by atoms with E-state index in [4.69, 9.17) is 27.9 Å². The molecule has 2 aromatic carbocycles. The molecule has 0 aromatic heterocycles. The number of halogens is 2. The Labute approximate surface area is 140 Å². The van der Waals surface area contributed by atoms with Gasteiger partial charge in [0.05, 0.1) is 11.1 Å². The molecule has 0 spiro atoms. The summed E-state index contributed by atoms with van der Waals surface area (Å²) in [5, 5.41) is 3.81. The third-order valence-corrected chi connectivity index (χ3v) is 3.76. The fraction of sp³-hybridized carbons (Fsp3) is 0.235. The quantitative estimate of drug-likeness (QED) is 0.863. The molecule has 1 N–H and O–H groups in total. The molecule has 5 heteroatoms. The van der Waals surface area contributed by atoms with Crippen molar-refractivity contribution >= 4 is 29.1 Å². The molecule has 2 rings (SSSR count). The molecule has 0 radical (unpaired) electrons. The van der Waals surface area contributed by atoms with Crippen molar-refractivity contribution in [3.05, 3.63) is 64.1 Å². The molecule has 0 saturated heterocycles. The van der Waals surface area contributed by atoms with Crippen molar-refractivity contribution in [2.75, 3.05) is 0 Å². The van der Waals surface area contributed by atoms with E-state index in [-0.39, 0.29) is 11.9 Å². The van der Waals surface area contributed by atoms with Crippen LogP contribution in [0.3, 0.4) is 0 Å². The van der Waals surface area contributed by atoms with E-state index < -0.39 is 6.10 Å². The Kier molecular flexibility index (Phi) is 5.69. The van der Waals surface area contributed by atoms with Crippen LogP contribution in [0.4, 0.5) is 0 Å². The van der Waals surface area contributed by atoms with Gasteiger partial charge in [-0.15, -0.1) is 0 Å². The van der Waals surface area contributed by atoms with Crippen LogP contribution in [0.15, 0.2) is 48.5 Å². The smallest absolute Gasteiger partial charge is 0.261 e. The average molecular weight is 338 g/mol. The number of ether oxygens (including phenoxy) is 1. The highest BCUT2D eigenvalue weighted by molar-refractivity contribution is 6.35. The molecule has 1 amide bonds. The van der Waals surface area contributed by atoms with Gasteiger partial charge in [-0.1, -0.05) is 53.5 Å². The normalized spacial score (nSPS) is 13.3. The third-order valence-electron chi connectivity index (χ3n) is 3.23. The number of amides is 1. The van der Waals surface area contributed by atoms with Crippen LogP contribution < -0.4 is 10.1 Å². The highest BCUT2D eigenvalue weighted by Gasteiger charge is 2.18. The van der Waals surface area contributed by atoms with Crippen molar-refractivity contribution in [3.8, 4) is 5.75 Å². The zero-order valence-corrected chi connectivity index (χ0v) is 13.9. The average Bonchev–Trinajstić information content (AvgIpc) is 2.50. The number of carbonyl (C=O) groups is 1. The molecule has 0 saturated carbocycles. The zero-order chi connectivity index (χ0) is 16.1. The van der Waals surface area contributed by atoms with Gasteiger partial charge >= 0.3 is 0 Å². The number of benzene rings is 2. The monoisotopic (exact) mass is 337 g/mol. The summed E-state index contributed by atoms with van der Waals surface area (Å²) in [5.74, 6) is 0.225.